The zero-order chi connectivity index (χ0) is 15.4. The predicted octanol–water partition coefficient (Wildman–Crippen LogP) is 2.62. The van der Waals surface area contributed by atoms with Gasteiger partial charge in [-0.3, -0.25) is 19.9 Å². The summed E-state index contributed by atoms with van der Waals surface area (Å²) < 4.78 is 13.4. The number of aromatic nitrogens is 1. The van der Waals surface area contributed by atoms with E-state index in [2.05, 4.69) is 4.98 Å². The molecule has 2 aromatic rings. The minimum atomic E-state index is -1.17. The summed E-state index contributed by atoms with van der Waals surface area (Å²) in [6, 6.07) is 7.33. The van der Waals surface area contributed by atoms with Crippen molar-refractivity contribution in [3.63, 3.8) is 0 Å². The number of carbonyl (C=O) groups is 1. The lowest BCUT2D eigenvalue weighted by Gasteiger charge is -2.08. The number of nitro groups is 1. The van der Waals surface area contributed by atoms with Crippen LogP contribution in [0, 0.1) is 27.3 Å². The van der Waals surface area contributed by atoms with E-state index in [-0.39, 0.29) is 5.56 Å². The number of pyridine rings is 1. The Morgan fingerprint density at radius 2 is 2.00 bits per heavy atom. The number of nitrogens with zero attached hydrogens (tertiary/aromatic N) is 3. The van der Waals surface area contributed by atoms with Gasteiger partial charge in [0.25, 0.3) is 5.69 Å². The maximum atomic E-state index is 13.4. The average Bonchev–Trinajstić information content (AvgIpc) is 2.48. The van der Waals surface area contributed by atoms with Crippen molar-refractivity contribution in [2.75, 3.05) is 0 Å². The highest BCUT2D eigenvalue weighted by Gasteiger charge is 2.24. The number of Topliss-reactive ketones (excluding diaryl/α,β-unsaturated/α-hetero) is 1. The van der Waals surface area contributed by atoms with Crippen molar-refractivity contribution in [2.24, 2.45) is 0 Å². The van der Waals surface area contributed by atoms with Gasteiger partial charge in [0.15, 0.2) is 5.78 Å². The third-order valence-corrected chi connectivity index (χ3v) is 2.81. The number of nitriles is 1. The van der Waals surface area contributed by atoms with Gasteiger partial charge >= 0.3 is 0 Å². The van der Waals surface area contributed by atoms with Gasteiger partial charge in [0.2, 0.25) is 0 Å². The van der Waals surface area contributed by atoms with E-state index in [1.807, 2.05) is 6.07 Å². The van der Waals surface area contributed by atoms with Crippen molar-refractivity contribution in [3.05, 3.63) is 69.8 Å². The molecule has 1 atom stereocenters. The van der Waals surface area contributed by atoms with Crippen molar-refractivity contribution in [1.82, 2.24) is 4.98 Å². The number of non-ortho nitro benzene ring substituents is 1. The third kappa shape index (κ3) is 3.06. The molecule has 0 aliphatic heterocycles. The zero-order valence-electron chi connectivity index (χ0n) is 10.6. The number of rotatable bonds is 4. The monoisotopic (exact) mass is 285 g/mol. The second-order valence-corrected chi connectivity index (χ2v) is 4.16. The maximum Gasteiger partial charge on any atom is 0.273 e. The normalized spacial score (nSPS) is 11.4. The third-order valence-electron chi connectivity index (χ3n) is 2.81. The highest BCUT2D eigenvalue weighted by atomic mass is 19.1. The smallest absolute Gasteiger partial charge is 0.273 e. The average molecular weight is 285 g/mol. The van der Waals surface area contributed by atoms with Crippen molar-refractivity contribution in [2.45, 2.75) is 5.92 Å². The zero-order valence-corrected chi connectivity index (χ0v) is 10.6. The summed E-state index contributed by atoms with van der Waals surface area (Å²) in [7, 11) is 0. The fraction of sp³-hybridized carbons (Fsp3) is 0.0714. The van der Waals surface area contributed by atoms with Crippen LogP contribution < -0.4 is 0 Å². The molecule has 104 valence electrons. The molecule has 0 aliphatic rings. The lowest BCUT2D eigenvalue weighted by molar-refractivity contribution is -0.385. The molecule has 6 nitrogen and oxygen atoms in total. The quantitative estimate of drug-likeness (QED) is 0.488. The van der Waals surface area contributed by atoms with Crippen LogP contribution in [0.1, 0.15) is 21.8 Å². The van der Waals surface area contributed by atoms with Crippen LogP contribution in [-0.4, -0.2) is 15.7 Å². The van der Waals surface area contributed by atoms with E-state index in [0.717, 1.165) is 12.1 Å². The summed E-state index contributed by atoms with van der Waals surface area (Å²) in [6.07, 6.45) is 2.84. The molecule has 2 rings (SSSR count). The summed E-state index contributed by atoms with van der Waals surface area (Å²) in [4.78, 5) is 25.9. The minimum absolute atomic E-state index is 0.218. The van der Waals surface area contributed by atoms with Gasteiger partial charge in [-0.25, -0.2) is 4.39 Å². The van der Waals surface area contributed by atoms with Crippen LogP contribution in [0.3, 0.4) is 0 Å². The van der Waals surface area contributed by atoms with Gasteiger partial charge < -0.3 is 0 Å². The molecule has 0 saturated carbocycles. The van der Waals surface area contributed by atoms with Crippen molar-refractivity contribution < 1.29 is 14.1 Å². The number of halogens is 1. The van der Waals surface area contributed by atoms with Crippen molar-refractivity contribution >= 4 is 11.5 Å². The summed E-state index contributed by atoms with van der Waals surface area (Å²) in [6.45, 7) is 0. The van der Waals surface area contributed by atoms with Crippen LogP contribution in [0.2, 0.25) is 0 Å². The van der Waals surface area contributed by atoms with Gasteiger partial charge in [-0.1, -0.05) is 0 Å². The summed E-state index contributed by atoms with van der Waals surface area (Å²) in [5, 5.41) is 19.8. The molecule has 1 aromatic heterocycles. The Morgan fingerprint density at radius 3 is 2.57 bits per heavy atom. The Balaban J connectivity index is 2.44. The van der Waals surface area contributed by atoms with Crippen molar-refractivity contribution in [3.8, 4) is 6.07 Å². The number of ketones is 1. The SMILES string of the molecule is N#CC(C(=O)c1cc(F)cc([N+](=O)[O-])c1)c1ccncc1. The Hall–Kier alpha value is -3.14. The second kappa shape index (κ2) is 5.88. The molecule has 0 bridgehead atoms. The van der Waals surface area contributed by atoms with Crippen LogP contribution in [0.15, 0.2) is 42.7 Å². The highest BCUT2D eigenvalue weighted by molar-refractivity contribution is 6.03. The first kappa shape index (κ1) is 14.3. The molecule has 7 heteroatoms. The van der Waals surface area contributed by atoms with Gasteiger partial charge in [0, 0.05) is 24.0 Å². The molecular formula is C14H8FN3O3. The number of carbonyl (C=O) groups excluding carboxylic acids is 1. The molecule has 21 heavy (non-hydrogen) atoms. The van der Waals surface area contributed by atoms with E-state index in [4.69, 9.17) is 5.26 Å². The Morgan fingerprint density at radius 1 is 1.33 bits per heavy atom. The fourth-order valence-electron chi connectivity index (χ4n) is 1.83. The molecule has 1 aromatic carbocycles. The van der Waals surface area contributed by atoms with Crippen molar-refractivity contribution in [1.29, 1.82) is 5.26 Å². The number of nitro benzene ring substituents is 1. The van der Waals surface area contributed by atoms with Crippen LogP contribution in [0.5, 0.6) is 0 Å². The molecular weight excluding hydrogens is 277 g/mol. The van der Waals surface area contributed by atoms with E-state index < -0.39 is 28.1 Å². The Labute approximate surface area is 118 Å². The molecule has 1 unspecified atom stereocenters. The largest absolute Gasteiger partial charge is 0.292 e. The standard InChI is InChI=1S/C14H8FN3O3/c15-11-5-10(6-12(7-11)18(20)21)14(19)13(8-16)9-1-3-17-4-2-9/h1-7,13H. The topological polar surface area (TPSA) is 96.9 Å². The molecule has 0 N–H and O–H groups in total. The molecule has 0 amide bonds. The van der Waals surface area contributed by atoms with Crippen LogP contribution in [0.4, 0.5) is 10.1 Å². The number of hydrogen-bond donors (Lipinski definition) is 0. The van der Waals surface area contributed by atoms with Gasteiger partial charge in [-0.2, -0.15) is 5.26 Å². The van der Waals surface area contributed by atoms with Gasteiger partial charge in [0.05, 0.1) is 17.1 Å². The van der Waals surface area contributed by atoms with Gasteiger partial charge in [0.1, 0.15) is 11.7 Å². The van der Waals surface area contributed by atoms with Crippen LogP contribution in [0.25, 0.3) is 0 Å². The first-order valence-electron chi connectivity index (χ1n) is 5.81. The minimum Gasteiger partial charge on any atom is -0.292 e. The molecule has 0 saturated heterocycles. The molecule has 0 fully saturated rings. The lowest BCUT2D eigenvalue weighted by atomic mass is 9.92. The van der Waals surface area contributed by atoms with E-state index in [0.29, 0.717) is 11.6 Å². The summed E-state index contributed by atoms with van der Waals surface area (Å²) in [5.41, 5.74) is -0.362. The molecule has 1 heterocycles. The first-order valence-corrected chi connectivity index (χ1v) is 5.81. The number of hydrogen-bond acceptors (Lipinski definition) is 5. The summed E-state index contributed by atoms with van der Waals surface area (Å²) >= 11 is 0. The van der Waals surface area contributed by atoms with E-state index in [1.54, 1.807) is 0 Å². The lowest BCUT2D eigenvalue weighted by Crippen LogP contribution is -2.12. The predicted molar refractivity (Wildman–Crippen MR) is 70.0 cm³/mol. The Kier molecular flexibility index (Phi) is 4.00. The Bertz CT molecular complexity index is 741. The molecule has 0 aliphatic carbocycles. The van der Waals surface area contributed by atoms with Crippen LogP contribution in [-0.2, 0) is 0 Å². The number of benzene rings is 1. The summed E-state index contributed by atoms with van der Waals surface area (Å²) in [5.74, 6) is -2.78. The van der Waals surface area contributed by atoms with E-state index in [9.17, 15) is 19.3 Å². The van der Waals surface area contributed by atoms with E-state index in [1.165, 1.54) is 24.5 Å². The van der Waals surface area contributed by atoms with Crippen LogP contribution >= 0.6 is 0 Å². The first-order chi connectivity index (χ1) is 10.0. The maximum absolute atomic E-state index is 13.4. The second-order valence-electron chi connectivity index (χ2n) is 4.16. The van der Waals surface area contributed by atoms with Gasteiger partial charge in [-0.15, -0.1) is 0 Å². The van der Waals surface area contributed by atoms with E-state index >= 15 is 0 Å². The molecule has 0 radical (unpaired) electrons. The fourth-order valence-corrected chi connectivity index (χ4v) is 1.83. The van der Waals surface area contributed by atoms with Gasteiger partial charge in [-0.05, 0) is 23.8 Å². The highest BCUT2D eigenvalue weighted by Crippen LogP contribution is 2.23. The molecule has 0 spiro atoms.